The second-order valence-electron chi connectivity index (χ2n) is 4.49. The summed E-state index contributed by atoms with van der Waals surface area (Å²) < 4.78 is 27.1. The minimum Gasteiger partial charge on any atom is -0.207 e. The molecule has 2 rings (SSSR count). The summed E-state index contributed by atoms with van der Waals surface area (Å²) in [6.45, 7) is 1.84. The maximum atomic E-state index is 12.3. The van der Waals surface area contributed by atoms with Gasteiger partial charge in [-0.2, -0.15) is 0 Å². The van der Waals surface area contributed by atoms with E-state index in [1.807, 2.05) is 0 Å². The van der Waals surface area contributed by atoms with Crippen LogP contribution < -0.4 is 4.72 Å². The lowest BCUT2D eigenvalue weighted by Gasteiger charge is -2.10. The summed E-state index contributed by atoms with van der Waals surface area (Å²) in [5, 5.41) is 1.06. The van der Waals surface area contributed by atoms with Gasteiger partial charge in [-0.15, -0.1) is 0 Å². The highest BCUT2D eigenvalue weighted by Crippen LogP contribution is 2.28. The van der Waals surface area contributed by atoms with E-state index in [1.165, 1.54) is 12.1 Å². The Morgan fingerprint density at radius 3 is 2.43 bits per heavy atom. The van der Waals surface area contributed by atoms with Crippen LogP contribution >= 0.6 is 34.8 Å². The highest BCUT2D eigenvalue weighted by Gasteiger charge is 2.19. The van der Waals surface area contributed by atoms with Crippen LogP contribution in [0, 0.1) is 6.92 Å². The van der Waals surface area contributed by atoms with Crippen LogP contribution in [0.1, 0.15) is 11.1 Å². The summed E-state index contributed by atoms with van der Waals surface area (Å²) in [4.78, 5) is 0.00750. The molecule has 0 spiro atoms. The molecule has 2 aromatic rings. The van der Waals surface area contributed by atoms with Crippen molar-refractivity contribution in [3.8, 4) is 0 Å². The highest BCUT2D eigenvalue weighted by molar-refractivity contribution is 7.89. The SMILES string of the molecule is Cc1cc(S(=O)(=O)NCc2cccc(Cl)c2)c(Cl)cc1Cl. The van der Waals surface area contributed by atoms with Gasteiger partial charge in [-0.25, -0.2) is 13.1 Å². The Morgan fingerprint density at radius 2 is 1.76 bits per heavy atom. The summed E-state index contributed by atoms with van der Waals surface area (Å²) >= 11 is 17.7. The monoisotopic (exact) mass is 363 g/mol. The molecule has 3 nitrogen and oxygen atoms in total. The van der Waals surface area contributed by atoms with Crippen LogP contribution in [0.4, 0.5) is 0 Å². The van der Waals surface area contributed by atoms with E-state index >= 15 is 0 Å². The normalized spacial score (nSPS) is 11.6. The summed E-state index contributed by atoms with van der Waals surface area (Å²) in [6, 6.07) is 9.82. The number of nitrogens with one attached hydrogen (secondary N) is 1. The molecule has 0 saturated heterocycles. The Labute approximate surface area is 138 Å². The first-order valence-electron chi connectivity index (χ1n) is 5.99. The van der Waals surface area contributed by atoms with Crippen molar-refractivity contribution in [3.63, 3.8) is 0 Å². The van der Waals surface area contributed by atoms with Gasteiger partial charge >= 0.3 is 0 Å². The van der Waals surface area contributed by atoms with Crippen LogP contribution in [0.2, 0.25) is 15.1 Å². The fraction of sp³-hybridized carbons (Fsp3) is 0.143. The zero-order chi connectivity index (χ0) is 15.6. The van der Waals surface area contributed by atoms with Gasteiger partial charge in [0.25, 0.3) is 0 Å². The van der Waals surface area contributed by atoms with E-state index in [2.05, 4.69) is 4.72 Å². The molecule has 0 fully saturated rings. The molecular weight excluding hydrogens is 353 g/mol. The lowest BCUT2D eigenvalue weighted by atomic mass is 10.2. The number of benzene rings is 2. The predicted molar refractivity (Wildman–Crippen MR) is 86.7 cm³/mol. The predicted octanol–water partition coefficient (Wildman–Crippen LogP) is 4.43. The molecule has 0 aliphatic carbocycles. The number of halogens is 3. The van der Waals surface area contributed by atoms with Crippen molar-refractivity contribution in [3.05, 3.63) is 62.6 Å². The number of aryl methyl sites for hydroxylation is 1. The molecule has 0 heterocycles. The molecule has 21 heavy (non-hydrogen) atoms. The lowest BCUT2D eigenvalue weighted by molar-refractivity contribution is 0.581. The summed E-state index contributed by atoms with van der Waals surface area (Å²) in [5.74, 6) is 0. The molecule has 2 aromatic carbocycles. The van der Waals surface area contributed by atoms with Crippen LogP contribution in [0.25, 0.3) is 0 Å². The first kappa shape index (κ1) is 16.6. The Balaban J connectivity index is 2.25. The third-order valence-corrected chi connectivity index (χ3v) is 5.37. The van der Waals surface area contributed by atoms with Gasteiger partial charge in [0, 0.05) is 16.6 Å². The van der Waals surface area contributed by atoms with Crippen LogP contribution in [-0.2, 0) is 16.6 Å². The fourth-order valence-corrected chi connectivity index (χ4v) is 3.80. The van der Waals surface area contributed by atoms with E-state index in [9.17, 15) is 8.42 Å². The Bertz CT molecular complexity index is 776. The van der Waals surface area contributed by atoms with E-state index in [0.717, 1.165) is 5.56 Å². The lowest BCUT2D eigenvalue weighted by Crippen LogP contribution is -2.23. The third-order valence-electron chi connectivity index (χ3n) is 2.86. The van der Waals surface area contributed by atoms with Crippen molar-refractivity contribution in [2.45, 2.75) is 18.4 Å². The fourth-order valence-electron chi connectivity index (χ4n) is 1.74. The summed E-state index contributed by atoms with van der Waals surface area (Å²) in [6.07, 6.45) is 0. The molecule has 0 bridgehead atoms. The van der Waals surface area contributed by atoms with Gasteiger partial charge in [0.05, 0.1) is 5.02 Å². The minimum absolute atomic E-state index is 0.00750. The van der Waals surface area contributed by atoms with Crippen LogP contribution in [0.3, 0.4) is 0 Å². The van der Waals surface area contributed by atoms with Crippen molar-refractivity contribution in [1.82, 2.24) is 4.72 Å². The average Bonchev–Trinajstić information content (AvgIpc) is 2.41. The van der Waals surface area contributed by atoms with E-state index in [4.69, 9.17) is 34.8 Å². The first-order valence-corrected chi connectivity index (χ1v) is 8.61. The van der Waals surface area contributed by atoms with E-state index in [1.54, 1.807) is 31.2 Å². The molecule has 7 heteroatoms. The third kappa shape index (κ3) is 4.11. The van der Waals surface area contributed by atoms with Crippen molar-refractivity contribution >= 4 is 44.8 Å². The molecular formula is C14H12Cl3NO2S. The largest absolute Gasteiger partial charge is 0.242 e. The van der Waals surface area contributed by atoms with Crippen LogP contribution in [-0.4, -0.2) is 8.42 Å². The van der Waals surface area contributed by atoms with Gasteiger partial charge in [-0.1, -0.05) is 46.9 Å². The van der Waals surface area contributed by atoms with Crippen LogP contribution in [0.15, 0.2) is 41.3 Å². The highest BCUT2D eigenvalue weighted by atomic mass is 35.5. The second-order valence-corrected chi connectivity index (χ2v) is 7.47. The number of rotatable bonds is 4. The molecule has 0 unspecified atom stereocenters. The van der Waals surface area contributed by atoms with Crippen LogP contribution in [0.5, 0.6) is 0 Å². The molecule has 0 saturated carbocycles. The van der Waals surface area contributed by atoms with Gasteiger partial charge in [0.2, 0.25) is 10.0 Å². The van der Waals surface area contributed by atoms with Crippen molar-refractivity contribution in [2.24, 2.45) is 0 Å². The number of hydrogen-bond acceptors (Lipinski definition) is 2. The Kier molecular flexibility index (Phi) is 5.17. The standard InChI is InChI=1S/C14H12Cl3NO2S/c1-9-5-14(13(17)7-12(9)16)21(19,20)18-8-10-3-2-4-11(15)6-10/h2-7,18H,8H2,1H3. The molecule has 0 amide bonds. The summed E-state index contributed by atoms with van der Waals surface area (Å²) in [5.41, 5.74) is 1.40. The smallest absolute Gasteiger partial charge is 0.207 e. The minimum atomic E-state index is -3.72. The zero-order valence-corrected chi connectivity index (χ0v) is 14.1. The first-order chi connectivity index (χ1) is 9.79. The Morgan fingerprint density at radius 1 is 1.05 bits per heavy atom. The van der Waals surface area contributed by atoms with Gasteiger partial charge in [0.1, 0.15) is 4.90 Å². The van der Waals surface area contributed by atoms with Gasteiger partial charge in [-0.05, 0) is 42.3 Å². The molecule has 0 atom stereocenters. The molecule has 0 radical (unpaired) electrons. The van der Waals surface area contributed by atoms with Gasteiger partial charge in [0.15, 0.2) is 0 Å². The zero-order valence-electron chi connectivity index (χ0n) is 11.0. The molecule has 0 aliphatic rings. The topological polar surface area (TPSA) is 46.2 Å². The second kappa shape index (κ2) is 6.55. The molecule has 0 aliphatic heterocycles. The van der Waals surface area contributed by atoms with Crippen molar-refractivity contribution in [1.29, 1.82) is 0 Å². The maximum absolute atomic E-state index is 12.3. The van der Waals surface area contributed by atoms with Gasteiger partial charge in [-0.3, -0.25) is 0 Å². The molecule has 0 aromatic heterocycles. The van der Waals surface area contributed by atoms with Crippen molar-refractivity contribution in [2.75, 3.05) is 0 Å². The summed E-state index contributed by atoms with van der Waals surface area (Å²) in [7, 11) is -3.72. The quantitative estimate of drug-likeness (QED) is 0.872. The van der Waals surface area contributed by atoms with Crippen molar-refractivity contribution < 1.29 is 8.42 Å². The molecule has 1 N–H and O–H groups in total. The van der Waals surface area contributed by atoms with E-state index in [0.29, 0.717) is 15.6 Å². The average molecular weight is 365 g/mol. The maximum Gasteiger partial charge on any atom is 0.242 e. The van der Waals surface area contributed by atoms with E-state index < -0.39 is 10.0 Å². The van der Waals surface area contributed by atoms with Gasteiger partial charge < -0.3 is 0 Å². The number of hydrogen-bond donors (Lipinski definition) is 1. The molecule has 112 valence electrons. The number of sulfonamides is 1. The Hall–Kier alpha value is -0.780. The van der Waals surface area contributed by atoms with E-state index in [-0.39, 0.29) is 16.5 Å².